The number of aliphatic hydroxyl groups is 1. The minimum atomic E-state index is -0.598. The smallest absolute Gasteiger partial charge is 0.126 e. The van der Waals surface area contributed by atoms with Crippen LogP contribution < -0.4 is 0 Å². The molecule has 0 aromatic heterocycles. The average Bonchev–Trinajstić information content (AvgIpc) is 2.44. The molecule has 0 aliphatic carbocycles. The topological polar surface area (TPSA) is 23.5 Å². The molecule has 1 aromatic rings. The zero-order chi connectivity index (χ0) is 15.1. The van der Waals surface area contributed by atoms with Crippen LogP contribution in [0.15, 0.2) is 18.2 Å². The van der Waals surface area contributed by atoms with Crippen molar-refractivity contribution in [1.29, 1.82) is 0 Å². The molecule has 0 aliphatic heterocycles. The van der Waals surface area contributed by atoms with Crippen molar-refractivity contribution in [2.24, 2.45) is 0 Å². The van der Waals surface area contributed by atoms with Crippen LogP contribution in [-0.4, -0.2) is 41.6 Å². The van der Waals surface area contributed by atoms with E-state index >= 15 is 0 Å². The van der Waals surface area contributed by atoms with Gasteiger partial charge in [-0.3, -0.25) is 0 Å². The number of nitrogens with zero attached hydrogens (tertiary/aromatic N) is 1. The molecule has 114 valence electrons. The van der Waals surface area contributed by atoms with Gasteiger partial charge in [0.05, 0.1) is 6.10 Å². The Morgan fingerprint density at radius 3 is 2.65 bits per heavy atom. The highest BCUT2D eigenvalue weighted by Crippen LogP contribution is 2.20. The van der Waals surface area contributed by atoms with E-state index in [1.165, 1.54) is 6.07 Å². The molecule has 0 spiro atoms. The first-order valence-electron chi connectivity index (χ1n) is 7.12. The van der Waals surface area contributed by atoms with E-state index in [1.807, 2.05) is 17.8 Å². The summed E-state index contributed by atoms with van der Waals surface area (Å²) >= 11 is 1.84. The van der Waals surface area contributed by atoms with Gasteiger partial charge in [0.2, 0.25) is 0 Å². The van der Waals surface area contributed by atoms with Gasteiger partial charge in [-0.05, 0) is 50.3 Å². The summed E-state index contributed by atoms with van der Waals surface area (Å²) < 4.78 is 13.5. The second-order valence-corrected chi connectivity index (χ2v) is 6.22. The molecule has 2 atom stereocenters. The minimum Gasteiger partial charge on any atom is -0.388 e. The number of thioether (sulfide) groups is 1. The lowest BCUT2D eigenvalue weighted by Gasteiger charge is -2.27. The Morgan fingerprint density at radius 1 is 1.40 bits per heavy atom. The molecule has 0 amide bonds. The standard InChI is InChI=1S/C16H26FNOS/c1-5-14(11-20-4)18(3)9-8-16(19)13-7-6-12(2)15(17)10-13/h6-7,10,14,16,19H,5,8-9,11H2,1-4H3. The van der Waals surface area contributed by atoms with Crippen LogP contribution in [0.1, 0.15) is 37.0 Å². The molecule has 0 aliphatic rings. The lowest BCUT2D eigenvalue weighted by atomic mass is 10.0. The van der Waals surface area contributed by atoms with Gasteiger partial charge in [0.1, 0.15) is 5.82 Å². The summed E-state index contributed by atoms with van der Waals surface area (Å²) in [6, 6.07) is 5.51. The molecule has 0 heterocycles. The van der Waals surface area contributed by atoms with E-state index in [4.69, 9.17) is 0 Å². The van der Waals surface area contributed by atoms with Crippen molar-refractivity contribution in [3.8, 4) is 0 Å². The number of aryl methyl sites for hydroxylation is 1. The maximum atomic E-state index is 13.5. The predicted octanol–water partition coefficient (Wildman–Crippen LogP) is 3.63. The van der Waals surface area contributed by atoms with Crippen LogP contribution in [0, 0.1) is 12.7 Å². The van der Waals surface area contributed by atoms with Crippen LogP contribution in [0.2, 0.25) is 0 Å². The normalized spacial score (nSPS) is 14.6. The van der Waals surface area contributed by atoms with Crippen molar-refractivity contribution in [1.82, 2.24) is 4.90 Å². The largest absolute Gasteiger partial charge is 0.388 e. The van der Waals surface area contributed by atoms with Crippen LogP contribution in [-0.2, 0) is 0 Å². The summed E-state index contributed by atoms with van der Waals surface area (Å²) in [6.07, 6.45) is 3.25. The number of halogens is 1. The zero-order valence-electron chi connectivity index (χ0n) is 12.9. The van der Waals surface area contributed by atoms with E-state index in [2.05, 4.69) is 25.1 Å². The molecular weight excluding hydrogens is 273 g/mol. The Labute approximate surface area is 126 Å². The molecule has 1 rings (SSSR count). The molecule has 0 saturated heterocycles. The molecule has 0 radical (unpaired) electrons. The van der Waals surface area contributed by atoms with Gasteiger partial charge in [0.15, 0.2) is 0 Å². The Bertz CT molecular complexity index is 413. The average molecular weight is 299 g/mol. The summed E-state index contributed by atoms with van der Waals surface area (Å²) in [5.41, 5.74) is 1.28. The Balaban J connectivity index is 2.53. The predicted molar refractivity (Wildman–Crippen MR) is 85.8 cm³/mol. The van der Waals surface area contributed by atoms with Gasteiger partial charge in [0, 0.05) is 18.3 Å². The summed E-state index contributed by atoms with van der Waals surface area (Å²) in [7, 11) is 2.09. The molecule has 4 heteroatoms. The first-order valence-corrected chi connectivity index (χ1v) is 8.52. The van der Waals surface area contributed by atoms with Crippen LogP contribution in [0.5, 0.6) is 0 Å². The van der Waals surface area contributed by atoms with Crippen LogP contribution in [0.3, 0.4) is 0 Å². The fourth-order valence-corrected chi connectivity index (χ4v) is 3.12. The van der Waals surface area contributed by atoms with Gasteiger partial charge in [-0.15, -0.1) is 0 Å². The fourth-order valence-electron chi connectivity index (χ4n) is 2.24. The Morgan fingerprint density at radius 2 is 2.10 bits per heavy atom. The third-order valence-electron chi connectivity index (χ3n) is 3.79. The number of rotatable bonds is 8. The van der Waals surface area contributed by atoms with Crippen molar-refractivity contribution in [2.45, 2.75) is 38.8 Å². The van der Waals surface area contributed by atoms with E-state index in [1.54, 1.807) is 13.0 Å². The lowest BCUT2D eigenvalue weighted by molar-refractivity contribution is 0.138. The van der Waals surface area contributed by atoms with Crippen LogP contribution in [0.4, 0.5) is 4.39 Å². The number of aliphatic hydroxyl groups excluding tert-OH is 1. The monoisotopic (exact) mass is 299 g/mol. The van der Waals surface area contributed by atoms with Gasteiger partial charge < -0.3 is 10.0 Å². The third-order valence-corrected chi connectivity index (χ3v) is 4.51. The van der Waals surface area contributed by atoms with Crippen molar-refractivity contribution >= 4 is 11.8 Å². The molecule has 0 saturated carbocycles. The Hall–Kier alpha value is -0.580. The summed E-state index contributed by atoms with van der Waals surface area (Å²) in [4.78, 5) is 2.28. The molecule has 20 heavy (non-hydrogen) atoms. The lowest BCUT2D eigenvalue weighted by Crippen LogP contribution is -2.34. The first kappa shape index (κ1) is 17.5. The van der Waals surface area contributed by atoms with E-state index in [9.17, 15) is 9.50 Å². The van der Waals surface area contributed by atoms with Crippen molar-refractivity contribution < 1.29 is 9.50 Å². The molecular formula is C16H26FNOS. The number of hydrogen-bond donors (Lipinski definition) is 1. The molecule has 1 aromatic carbocycles. The van der Waals surface area contributed by atoms with Gasteiger partial charge in [-0.2, -0.15) is 11.8 Å². The maximum absolute atomic E-state index is 13.5. The van der Waals surface area contributed by atoms with Crippen molar-refractivity contribution in [2.75, 3.05) is 25.6 Å². The molecule has 2 nitrogen and oxygen atoms in total. The minimum absolute atomic E-state index is 0.247. The van der Waals surface area contributed by atoms with Crippen LogP contribution >= 0.6 is 11.8 Å². The molecule has 1 N–H and O–H groups in total. The van der Waals surface area contributed by atoms with Crippen molar-refractivity contribution in [3.05, 3.63) is 35.1 Å². The highest BCUT2D eigenvalue weighted by Gasteiger charge is 2.15. The second-order valence-electron chi connectivity index (χ2n) is 5.31. The van der Waals surface area contributed by atoms with E-state index in [-0.39, 0.29) is 5.82 Å². The fraction of sp³-hybridized carbons (Fsp3) is 0.625. The first-order chi connectivity index (χ1) is 9.49. The highest BCUT2D eigenvalue weighted by atomic mass is 32.2. The summed E-state index contributed by atoms with van der Waals surface area (Å²) in [6.45, 7) is 4.73. The Kier molecular flexibility index (Phi) is 7.56. The molecule has 0 fully saturated rings. The third kappa shape index (κ3) is 5.08. The van der Waals surface area contributed by atoms with Crippen LogP contribution in [0.25, 0.3) is 0 Å². The quantitative estimate of drug-likeness (QED) is 0.793. The molecule has 0 bridgehead atoms. The van der Waals surface area contributed by atoms with Crippen molar-refractivity contribution in [3.63, 3.8) is 0 Å². The highest BCUT2D eigenvalue weighted by molar-refractivity contribution is 7.98. The van der Waals surface area contributed by atoms with Gasteiger partial charge in [-0.25, -0.2) is 4.39 Å². The second kappa shape index (κ2) is 8.65. The zero-order valence-corrected chi connectivity index (χ0v) is 13.7. The summed E-state index contributed by atoms with van der Waals surface area (Å²) in [5, 5.41) is 10.2. The SMILES string of the molecule is CCC(CSC)N(C)CCC(O)c1ccc(C)c(F)c1. The van der Waals surface area contributed by atoms with E-state index in [0.29, 0.717) is 23.6 Å². The molecule has 2 unspecified atom stereocenters. The van der Waals surface area contributed by atoms with Gasteiger partial charge in [0.25, 0.3) is 0 Å². The number of hydrogen-bond acceptors (Lipinski definition) is 3. The number of benzene rings is 1. The summed E-state index contributed by atoms with van der Waals surface area (Å²) in [5.74, 6) is 0.853. The van der Waals surface area contributed by atoms with E-state index < -0.39 is 6.10 Å². The van der Waals surface area contributed by atoms with Gasteiger partial charge in [-0.1, -0.05) is 19.1 Å². The van der Waals surface area contributed by atoms with Gasteiger partial charge >= 0.3 is 0 Å². The maximum Gasteiger partial charge on any atom is 0.126 e. The van der Waals surface area contributed by atoms with E-state index in [0.717, 1.165) is 18.7 Å².